The van der Waals surface area contributed by atoms with E-state index in [0.717, 1.165) is 76.0 Å². The Morgan fingerprint density at radius 2 is 0.611 bits per heavy atom. The van der Waals surface area contributed by atoms with Gasteiger partial charge in [0.15, 0.2) is 6.10 Å². The highest BCUT2D eigenvalue weighted by molar-refractivity contribution is 5.71. The van der Waals surface area contributed by atoms with Crippen molar-refractivity contribution in [3.05, 3.63) is 0 Å². The van der Waals surface area contributed by atoms with Crippen molar-refractivity contribution >= 4 is 17.9 Å². The molecule has 54 heavy (non-hydrogen) atoms. The second kappa shape index (κ2) is 41.1. The SMILES string of the molecule is CCCCCCCC(=O)O[C@H](COC(=O)CCCCCCCCCCCCCCCCCCCCC(C)C)COC(=O)CCCCCCCCCC(C)C. The highest BCUT2D eigenvalue weighted by atomic mass is 16.6. The monoisotopic (exact) mass is 765 g/mol. The van der Waals surface area contributed by atoms with Crippen LogP contribution in [-0.2, 0) is 28.6 Å². The number of esters is 3. The standard InChI is InChI=1S/C48H92O6/c1-6-7-8-26-35-40-48(51)54-45(42-53-47(50)39-34-30-25-21-23-28-32-37-44(4)5)41-52-46(49)38-33-29-24-20-18-16-14-12-10-9-11-13-15-17-19-22-27-31-36-43(2)3/h43-45H,6-42H2,1-5H3/t45-/m1/s1. The van der Waals surface area contributed by atoms with Gasteiger partial charge in [-0.15, -0.1) is 0 Å². The summed E-state index contributed by atoms with van der Waals surface area (Å²) in [6.45, 7) is 11.2. The molecular formula is C48H92O6. The van der Waals surface area contributed by atoms with Crippen LogP contribution in [0.25, 0.3) is 0 Å². The molecule has 0 N–H and O–H groups in total. The van der Waals surface area contributed by atoms with E-state index in [-0.39, 0.29) is 31.1 Å². The Morgan fingerprint density at radius 1 is 0.352 bits per heavy atom. The minimum Gasteiger partial charge on any atom is -0.462 e. The third-order valence-corrected chi connectivity index (χ3v) is 10.7. The first kappa shape index (κ1) is 52.4. The van der Waals surface area contributed by atoms with E-state index in [4.69, 9.17) is 14.2 Å². The first-order valence-corrected chi connectivity index (χ1v) is 23.7. The topological polar surface area (TPSA) is 78.9 Å². The summed E-state index contributed by atoms with van der Waals surface area (Å²) in [6.07, 6.45) is 40.0. The minimum atomic E-state index is -0.758. The van der Waals surface area contributed by atoms with E-state index in [0.29, 0.717) is 19.3 Å². The zero-order valence-corrected chi connectivity index (χ0v) is 36.8. The van der Waals surface area contributed by atoms with Gasteiger partial charge in [-0.25, -0.2) is 0 Å². The first-order chi connectivity index (χ1) is 26.2. The van der Waals surface area contributed by atoms with E-state index in [1.807, 2.05) is 0 Å². The summed E-state index contributed by atoms with van der Waals surface area (Å²) in [5.41, 5.74) is 0. The van der Waals surface area contributed by atoms with Crippen molar-refractivity contribution in [2.45, 2.75) is 265 Å². The minimum absolute atomic E-state index is 0.0663. The predicted octanol–water partition coefficient (Wildman–Crippen LogP) is 15.0. The van der Waals surface area contributed by atoms with Crippen LogP contribution < -0.4 is 0 Å². The van der Waals surface area contributed by atoms with Crippen molar-refractivity contribution < 1.29 is 28.6 Å². The van der Waals surface area contributed by atoms with Gasteiger partial charge >= 0.3 is 17.9 Å². The quantitative estimate of drug-likeness (QED) is 0.0350. The Balaban J connectivity index is 4.01. The fourth-order valence-corrected chi connectivity index (χ4v) is 7.11. The van der Waals surface area contributed by atoms with Gasteiger partial charge in [-0.1, -0.05) is 221 Å². The fourth-order valence-electron chi connectivity index (χ4n) is 7.11. The smallest absolute Gasteiger partial charge is 0.306 e. The molecular weight excluding hydrogens is 673 g/mol. The van der Waals surface area contributed by atoms with Gasteiger partial charge in [-0.05, 0) is 31.1 Å². The van der Waals surface area contributed by atoms with Gasteiger partial charge in [-0.2, -0.15) is 0 Å². The van der Waals surface area contributed by atoms with Crippen molar-refractivity contribution in [2.75, 3.05) is 13.2 Å². The molecule has 0 aromatic rings. The Kier molecular flexibility index (Phi) is 39.8. The molecule has 0 fully saturated rings. The summed E-state index contributed by atoms with van der Waals surface area (Å²) < 4.78 is 16.6. The van der Waals surface area contributed by atoms with E-state index in [1.165, 1.54) is 141 Å². The lowest BCUT2D eigenvalue weighted by atomic mass is 10.0. The Morgan fingerprint density at radius 3 is 0.907 bits per heavy atom. The Hall–Kier alpha value is -1.59. The van der Waals surface area contributed by atoms with Crippen LogP contribution in [0.1, 0.15) is 259 Å². The summed E-state index contributed by atoms with van der Waals surface area (Å²) in [7, 11) is 0. The Labute approximate surface area is 336 Å². The van der Waals surface area contributed by atoms with Crippen LogP contribution in [0.4, 0.5) is 0 Å². The van der Waals surface area contributed by atoms with E-state index >= 15 is 0 Å². The van der Waals surface area contributed by atoms with E-state index in [9.17, 15) is 14.4 Å². The summed E-state index contributed by atoms with van der Waals surface area (Å²) >= 11 is 0. The van der Waals surface area contributed by atoms with E-state index in [2.05, 4.69) is 34.6 Å². The van der Waals surface area contributed by atoms with Gasteiger partial charge in [0, 0.05) is 19.3 Å². The van der Waals surface area contributed by atoms with Crippen LogP contribution in [0.2, 0.25) is 0 Å². The highest BCUT2D eigenvalue weighted by Crippen LogP contribution is 2.17. The molecule has 0 unspecified atom stereocenters. The lowest BCUT2D eigenvalue weighted by Crippen LogP contribution is -2.30. The van der Waals surface area contributed by atoms with Gasteiger partial charge in [-0.3, -0.25) is 14.4 Å². The molecule has 0 aliphatic rings. The molecule has 0 rings (SSSR count). The van der Waals surface area contributed by atoms with Gasteiger partial charge < -0.3 is 14.2 Å². The number of hydrogen-bond donors (Lipinski definition) is 0. The molecule has 0 radical (unpaired) electrons. The van der Waals surface area contributed by atoms with Gasteiger partial charge in [0.1, 0.15) is 13.2 Å². The summed E-state index contributed by atoms with van der Waals surface area (Å²) in [5.74, 6) is 0.768. The number of ether oxygens (including phenoxy) is 3. The molecule has 6 nitrogen and oxygen atoms in total. The third-order valence-electron chi connectivity index (χ3n) is 10.7. The number of unbranched alkanes of at least 4 members (excludes halogenated alkanes) is 27. The lowest BCUT2D eigenvalue weighted by molar-refractivity contribution is -0.167. The van der Waals surface area contributed by atoms with Crippen LogP contribution in [0.3, 0.4) is 0 Å². The number of carbonyl (C=O) groups is 3. The van der Waals surface area contributed by atoms with Crippen LogP contribution in [-0.4, -0.2) is 37.2 Å². The molecule has 0 amide bonds. The lowest BCUT2D eigenvalue weighted by Gasteiger charge is -2.18. The average molecular weight is 765 g/mol. The van der Waals surface area contributed by atoms with E-state index < -0.39 is 6.10 Å². The Bertz CT molecular complexity index is 824. The maximum atomic E-state index is 12.5. The largest absolute Gasteiger partial charge is 0.462 e. The molecule has 0 aliphatic heterocycles. The molecule has 6 heteroatoms. The third kappa shape index (κ3) is 41.6. The number of hydrogen-bond acceptors (Lipinski definition) is 6. The molecule has 0 aromatic heterocycles. The molecule has 1 atom stereocenters. The predicted molar refractivity (Wildman–Crippen MR) is 229 cm³/mol. The van der Waals surface area contributed by atoms with Gasteiger partial charge in [0.05, 0.1) is 0 Å². The summed E-state index contributed by atoms with van der Waals surface area (Å²) in [4.78, 5) is 37.4. The molecule has 0 saturated carbocycles. The second-order valence-electron chi connectivity index (χ2n) is 17.3. The van der Waals surface area contributed by atoms with Crippen LogP contribution >= 0.6 is 0 Å². The van der Waals surface area contributed by atoms with E-state index in [1.54, 1.807) is 0 Å². The second-order valence-corrected chi connectivity index (χ2v) is 17.3. The van der Waals surface area contributed by atoms with Crippen molar-refractivity contribution in [2.24, 2.45) is 11.8 Å². The number of carbonyl (C=O) groups excluding carboxylic acids is 3. The first-order valence-electron chi connectivity index (χ1n) is 23.7. The summed E-state index contributed by atoms with van der Waals surface area (Å²) in [5, 5.41) is 0. The number of rotatable bonds is 42. The normalized spacial score (nSPS) is 12.1. The van der Waals surface area contributed by atoms with Crippen LogP contribution in [0.15, 0.2) is 0 Å². The molecule has 320 valence electrons. The van der Waals surface area contributed by atoms with Crippen molar-refractivity contribution in [1.82, 2.24) is 0 Å². The summed E-state index contributed by atoms with van der Waals surface area (Å²) in [6, 6.07) is 0. The fraction of sp³-hybridized carbons (Fsp3) is 0.938. The zero-order chi connectivity index (χ0) is 39.7. The molecule has 0 aromatic carbocycles. The van der Waals surface area contributed by atoms with Gasteiger partial charge in [0.25, 0.3) is 0 Å². The molecule has 0 aliphatic carbocycles. The maximum absolute atomic E-state index is 12.5. The average Bonchev–Trinajstić information content (AvgIpc) is 3.14. The maximum Gasteiger partial charge on any atom is 0.306 e. The molecule has 0 bridgehead atoms. The van der Waals surface area contributed by atoms with Crippen LogP contribution in [0.5, 0.6) is 0 Å². The highest BCUT2D eigenvalue weighted by Gasteiger charge is 2.19. The van der Waals surface area contributed by atoms with Crippen molar-refractivity contribution in [1.29, 1.82) is 0 Å². The van der Waals surface area contributed by atoms with Crippen molar-refractivity contribution in [3.8, 4) is 0 Å². The molecule has 0 heterocycles. The zero-order valence-electron chi connectivity index (χ0n) is 36.8. The van der Waals surface area contributed by atoms with Gasteiger partial charge in [0.2, 0.25) is 0 Å². The van der Waals surface area contributed by atoms with Crippen molar-refractivity contribution in [3.63, 3.8) is 0 Å². The van der Waals surface area contributed by atoms with Crippen LogP contribution in [0, 0.1) is 11.8 Å². The molecule has 0 spiro atoms. The molecule has 0 saturated heterocycles.